The van der Waals surface area contributed by atoms with Crippen molar-refractivity contribution in [3.63, 3.8) is 0 Å². The number of sulfonamides is 1. The van der Waals surface area contributed by atoms with E-state index in [1.807, 2.05) is 6.92 Å². The molecule has 5 heteroatoms. The highest BCUT2D eigenvalue weighted by molar-refractivity contribution is 7.89. The SMILES string of the molecule is CCNCC(C)S(=O)(=O)N(C)C1CCCCC1. The van der Waals surface area contributed by atoms with Gasteiger partial charge in [-0.15, -0.1) is 0 Å². The van der Waals surface area contributed by atoms with Crippen molar-refractivity contribution in [1.82, 2.24) is 9.62 Å². The molecular formula is C12H26N2O2S. The van der Waals surface area contributed by atoms with Crippen molar-refractivity contribution < 1.29 is 8.42 Å². The minimum absolute atomic E-state index is 0.220. The van der Waals surface area contributed by atoms with E-state index in [0.717, 1.165) is 32.2 Å². The third-order valence-electron chi connectivity index (χ3n) is 3.68. The summed E-state index contributed by atoms with van der Waals surface area (Å²) in [6, 6.07) is 0.220. The molecule has 1 aliphatic carbocycles. The Hall–Kier alpha value is -0.130. The van der Waals surface area contributed by atoms with Crippen molar-refractivity contribution in [1.29, 1.82) is 0 Å². The Bertz CT molecular complexity index is 310. The molecule has 0 radical (unpaired) electrons. The van der Waals surface area contributed by atoms with Gasteiger partial charge >= 0.3 is 0 Å². The summed E-state index contributed by atoms with van der Waals surface area (Å²) < 4.78 is 26.3. The Morgan fingerprint density at radius 1 is 1.29 bits per heavy atom. The first-order valence-corrected chi connectivity index (χ1v) is 8.18. The Morgan fingerprint density at radius 2 is 1.88 bits per heavy atom. The minimum atomic E-state index is -3.14. The van der Waals surface area contributed by atoms with Crippen LogP contribution in [0, 0.1) is 0 Å². The third kappa shape index (κ3) is 3.93. The largest absolute Gasteiger partial charge is 0.316 e. The van der Waals surface area contributed by atoms with Crippen LogP contribution in [0.25, 0.3) is 0 Å². The zero-order chi connectivity index (χ0) is 12.9. The van der Waals surface area contributed by atoms with Gasteiger partial charge in [0.1, 0.15) is 0 Å². The minimum Gasteiger partial charge on any atom is -0.316 e. The van der Waals surface area contributed by atoms with E-state index in [2.05, 4.69) is 5.32 Å². The molecule has 17 heavy (non-hydrogen) atoms. The predicted octanol–water partition coefficient (Wildman–Crippen LogP) is 1.58. The van der Waals surface area contributed by atoms with Crippen molar-refractivity contribution in [2.45, 2.75) is 57.2 Å². The number of rotatable bonds is 6. The van der Waals surface area contributed by atoms with E-state index in [1.165, 1.54) is 6.42 Å². The average Bonchev–Trinajstić information content (AvgIpc) is 2.35. The van der Waals surface area contributed by atoms with Crippen LogP contribution in [-0.4, -0.2) is 44.2 Å². The van der Waals surface area contributed by atoms with E-state index in [-0.39, 0.29) is 11.3 Å². The van der Waals surface area contributed by atoms with Crippen LogP contribution < -0.4 is 5.32 Å². The summed E-state index contributed by atoms with van der Waals surface area (Å²) in [5.41, 5.74) is 0. The lowest BCUT2D eigenvalue weighted by Gasteiger charge is -2.32. The van der Waals surface area contributed by atoms with Crippen LogP contribution in [0.2, 0.25) is 0 Å². The molecule has 1 N–H and O–H groups in total. The molecule has 0 spiro atoms. The van der Waals surface area contributed by atoms with E-state index in [9.17, 15) is 8.42 Å². The smallest absolute Gasteiger partial charge is 0.217 e. The molecule has 0 aromatic heterocycles. The second-order valence-corrected chi connectivity index (χ2v) is 7.38. The fraction of sp³-hybridized carbons (Fsp3) is 1.00. The maximum Gasteiger partial charge on any atom is 0.217 e. The molecular weight excluding hydrogens is 236 g/mol. The van der Waals surface area contributed by atoms with E-state index in [0.29, 0.717) is 6.54 Å². The fourth-order valence-corrected chi connectivity index (χ4v) is 3.91. The van der Waals surface area contributed by atoms with Gasteiger partial charge in [-0.3, -0.25) is 0 Å². The molecule has 1 rings (SSSR count). The highest BCUT2D eigenvalue weighted by Gasteiger charge is 2.31. The summed E-state index contributed by atoms with van der Waals surface area (Å²) in [4.78, 5) is 0. The molecule has 1 saturated carbocycles. The Morgan fingerprint density at radius 3 is 2.41 bits per heavy atom. The third-order valence-corrected chi connectivity index (χ3v) is 5.97. The van der Waals surface area contributed by atoms with Crippen molar-refractivity contribution in [2.75, 3.05) is 20.1 Å². The van der Waals surface area contributed by atoms with Gasteiger partial charge in [0.25, 0.3) is 0 Å². The van der Waals surface area contributed by atoms with E-state index >= 15 is 0 Å². The molecule has 0 heterocycles. The summed E-state index contributed by atoms with van der Waals surface area (Å²) in [7, 11) is -1.40. The second kappa shape index (κ2) is 6.71. The molecule has 1 unspecified atom stereocenters. The first-order valence-electron chi connectivity index (χ1n) is 6.67. The van der Waals surface area contributed by atoms with E-state index in [1.54, 1.807) is 18.3 Å². The normalized spacial score (nSPS) is 20.7. The zero-order valence-corrected chi connectivity index (χ0v) is 12.1. The molecule has 4 nitrogen and oxygen atoms in total. The van der Waals surface area contributed by atoms with Crippen LogP contribution in [0.15, 0.2) is 0 Å². The molecule has 0 aromatic carbocycles. The molecule has 102 valence electrons. The van der Waals surface area contributed by atoms with Gasteiger partial charge in [-0.2, -0.15) is 0 Å². The maximum atomic E-state index is 12.3. The molecule has 0 aliphatic heterocycles. The molecule has 0 aromatic rings. The van der Waals surface area contributed by atoms with Crippen LogP contribution in [0.4, 0.5) is 0 Å². The van der Waals surface area contributed by atoms with Crippen LogP contribution >= 0.6 is 0 Å². The van der Waals surface area contributed by atoms with Crippen molar-refractivity contribution in [3.8, 4) is 0 Å². The topological polar surface area (TPSA) is 49.4 Å². The van der Waals surface area contributed by atoms with Crippen LogP contribution in [-0.2, 0) is 10.0 Å². The van der Waals surface area contributed by atoms with E-state index < -0.39 is 10.0 Å². The number of nitrogens with zero attached hydrogens (tertiary/aromatic N) is 1. The molecule has 0 bridgehead atoms. The van der Waals surface area contributed by atoms with Gasteiger partial charge in [0.05, 0.1) is 5.25 Å². The fourth-order valence-electron chi connectivity index (χ4n) is 2.39. The molecule has 0 saturated heterocycles. The van der Waals surface area contributed by atoms with Gasteiger partial charge in [0.15, 0.2) is 0 Å². The first-order chi connectivity index (χ1) is 8.00. The first kappa shape index (κ1) is 14.9. The number of hydrogen-bond acceptors (Lipinski definition) is 3. The van der Waals surface area contributed by atoms with Gasteiger partial charge in [-0.25, -0.2) is 12.7 Å². The predicted molar refractivity (Wildman–Crippen MR) is 71.6 cm³/mol. The summed E-state index contributed by atoms with van der Waals surface area (Å²) in [5.74, 6) is 0. The Kier molecular flexibility index (Phi) is 5.89. The Labute approximate surface area is 106 Å². The van der Waals surface area contributed by atoms with Gasteiger partial charge in [-0.05, 0) is 26.3 Å². The molecule has 1 atom stereocenters. The van der Waals surface area contributed by atoms with Crippen molar-refractivity contribution in [3.05, 3.63) is 0 Å². The number of nitrogens with one attached hydrogen (secondary N) is 1. The summed E-state index contributed by atoms with van der Waals surface area (Å²) >= 11 is 0. The van der Waals surface area contributed by atoms with E-state index in [4.69, 9.17) is 0 Å². The lowest BCUT2D eigenvalue weighted by atomic mass is 9.96. The molecule has 1 aliphatic rings. The highest BCUT2D eigenvalue weighted by Crippen LogP contribution is 2.24. The average molecular weight is 262 g/mol. The standard InChI is InChI=1S/C12H26N2O2S/c1-4-13-10-11(2)17(15,16)14(3)12-8-6-5-7-9-12/h11-13H,4-10H2,1-3H3. The lowest BCUT2D eigenvalue weighted by molar-refractivity contribution is 0.283. The molecule has 1 fully saturated rings. The maximum absolute atomic E-state index is 12.3. The van der Waals surface area contributed by atoms with Gasteiger partial charge in [0.2, 0.25) is 10.0 Å². The number of hydrogen-bond donors (Lipinski definition) is 1. The van der Waals surface area contributed by atoms with Gasteiger partial charge in [0, 0.05) is 19.6 Å². The zero-order valence-electron chi connectivity index (χ0n) is 11.3. The Balaban J connectivity index is 2.61. The quantitative estimate of drug-likeness (QED) is 0.790. The van der Waals surface area contributed by atoms with Crippen LogP contribution in [0.1, 0.15) is 46.0 Å². The second-order valence-electron chi connectivity index (χ2n) is 4.97. The van der Waals surface area contributed by atoms with Crippen LogP contribution in [0.5, 0.6) is 0 Å². The van der Waals surface area contributed by atoms with Crippen molar-refractivity contribution >= 4 is 10.0 Å². The summed E-state index contributed by atoms with van der Waals surface area (Å²) in [6.45, 7) is 5.13. The lowest BCUT2D eigenvalue weighted by Crippen LogP contribution is -2.45. The van der Waals surface area contributed by atoms with Crippen molar-refractivity contribution in [2.24, 2.45) is 0 Å². The van der Waals surface area contributed by atoms with Gasteiger partial charge in [-0.1, -0.05) is 26.2 Å². The van der Waals surface area contributed by atoms with Crippen LogP contribution in [0.3, 0.4) is 0 Å². The highest BCUT2D eigenvalue weighted by atomic mass is 32.2. The summed E-state index contributed by atoms with van der Waals surface area (Å²) in [5, 5.41) is 2.77. The molecule has 0 amide bonds. The van der Waals surface area contributed by atoms with Gasteiger partial charge < -0.3 is 5.32 Å². The monoisotopic (exact) mass is 262 g/mol. The summed E-state index contributed by atoms with van der Waals surface area (Å²) in [6.07, 6.45) is 5.60.